The van der Waals surface area contributed by atoms with Gasteiger partial charge >= 0.3 is 0 Å². The number of hydrogen-bond acceptors (Lipinski definition) is 5. The van der Waals surface area contributed by atoms with E-state index in [0.29, 0.717) is 11.3 Å². The van der Waals surface area contributed by atoms with Crippen molar-refractivity contribution in [3.8, 4) is 0 Å². The van der Waals surface area contributed by atoms with E-state index in [9.17, 15) is 9.59 Å². The van der Waals surface area contributed by atoms with Crippen LogP contribution in [0.15, 0.2) is 30.7 Å². The van der Waals surface area contributed by atoms with Crippen LogP contribution in [0.4, 0.5) is 5.69 Å². The van der Waals surface area contributed by atoms with E-state index in [-0.39, 0.29) is 17.3 Å². The first-order valence-corrected chi connectivity index (χ1v) is 6.46. The molecule has 2 amide bonds. The van der Waals surface area contributed by atoms with Gasteiger partial charge in [-0.15, -0.1) is 0 Å². The molecule has 9 nitrogen and oxygen atoms in total. The van der Waals surface area contributed by atoms with E-state index < -0.39 is 5.91 Å². The molecule has 0 aromatic carbocycles. The Kier molecular flexibility index (Phi) is 3.30. The van der Waals surface area contributed by atoms with E-state index in [1.54, 1.807) is 37.8 Å². The maximum absolute atomic E-state index is 12.3. The van der Waals surface area contributed by atoms with Crippen LogP contribution in [0.2, 0.25) is 0 Å². The van der Waals surface area contributed by atoms with Gasteiger partial charge in [-0.05, 0) is 6.07 Å². The van der Waals surface area contributed by atoms with Gasteiger partial charge in [0.05, 0.1) is 5.69 Å². The average molecular weight is 299 g/mol. The lowest BCUT2D eigenvalue weighted by molar-refractivity contribution is 0.0958. The zero-order chi connectivity index (χ0) is 15.7. The number of nitrogens with one attached hydrogen (secondary N) is 2. The number of anilines is 1. The molecule has 22 heavy (non-hydrogen) atoms. The summed E-state index contributed by atoms with van der Waals surface area (Å²) < 4.78 is 2.95. The Bertz CT molecular complexity index is 831. The summed E-state index contributed by atoms with van der Waals surface area (Å²) in [7, 11) is 3.16. The standard InChI is InChI=1S/C13H13N7O2/c1-14-13(22)11-9(7-19(2)18-11)16-12(21)8-6-10-15-4-3-5-20(10)17-8/h3-7H,1-2H3,(H,14,22)(H,16,21). The van der Waals surface area contributed by atoms with Crippen molar-refractivity contribution in [3.63, 3.8) is 0 Å². The lowest BCUT2D eigenvalue weighted by Crippen LogP contribution is -2.21. The number of fused-ring (bicyclic) bond motifs is 1. The van der Waals surface area contributed by atoms with Crippen molar-refractivity contribution in [2.24, 2.45) is 7.05 Å². The molecular formula is C13H13N7O2. The first kappa shape index (κ1) is 13.7. The first-order valence-electron chi connectivity index (χ1n) is 6.46. The fourth-order valence-electron chi connectivity index (χ4n) is 1.99. The highest BCUT2D eigenvalue weighted by molar-refractivity contribution is 6.07. The third kappa shape index (κ3) is 2.39. The smallest absolute Gasteiger partial charge is 0.276 e. The molecule has 2 N–H and O–H groups in total. The fourth-order valence-corrected chi connectivity index (χ4v) is 1.99. The summed E-state index contributed by atoms with van der Waals surface area (Å²) in [5.74, 6) is -0.823. The molecule has 0 radical (unpaired) electrons. The summed E-state index contributed by atoms with van der Waals surface area (Å²) in [6, 6.07) is 3.28. The number of aryl methyl sites for hydroxylation is 1. The number of nitrogens with zero attached hydrogens (tertiary/aromatic N) is 5. The number of carbonyl (C=O) groups excluding carboxylic acids is 2. The van der Waals surface area contributed by atoms with Crippen LogP contribution in [-0.2, 0) is 7.05 Å². The molecule has 0 bridgehead atoms. The lowest BCUT2D eigenvalue weighted by Gasteiger charge is -2.02. The quantitative estimate of drug-likeness (QED) is 0.712. The second kappa shape index (κ2) is 5.28. The molecule has 0 saturated heterocycles. The molecule has 0 aliphatic heterocycles. The van der Waals surface area contributed by atoms with Crippen molar-refractivity contribution in [2.75, 3.05) is 12.4 Å². The fraction of sp³-hybridized carbons (Fsp3) is 0.154. The van der Waals surface area contributed by atoms with Crippen LogP contribution in [0.5, 0.6) is 0 Å². The largest absolute Gasteiger partial charge is 0.354 e. The number of carbonyl (C=O) groups is 2. The number of hydrogen-bond donors (Lipinski definition) is 2. The second-order valence-electron chi connectivity index (χ2n) is 4.55. The molecule has 0 unspecified atom stereocenters. The minimum Gasteiger partial charge on any atom is -0.354 e. The average Bonchev–Trinajstić information content (AvgIpc) is 3.09. The third-order valence-corrected chi connectivity index (χ3v) is 2.99. The van der Waals surface area contributed by atoms with Crippen LogP contribution >= 0.6 is 0 Å². The monoisotopic (exact) mass is 299 g/mol. The van der Waals surface area contributed by atoms with E-state index in [4.69, 9.17) is 0 Å². The molecule has 0 saturated carbocycles. The summed E-state index contributed by atoms with van der Waals surface area (Å²) >= 11 is 0. The predicted molar refractivity (Wildman–Crippen MR) is 77.5 cm³/mol. The Morgan fingerprint density at radius 1 is 1.23 bits per heavy atom. The van der Waals surface area contributed by atoms with Crippen molar-refractivity contribution in [3.05, 3.63) is 42.1 Å². The topological polar surface area (TPSA) is 106 Å². The first-order chi connectivity index (χ1) is 10.6. The van der Waals surface area contributed by atoms with E-state index in [1.807, 2.05) is 0 Å². The van der Waals surface area contributed by atoms with Gasteiger partial charge in [-0.2, -0.15) is 10.2 Å². The Morgan fingerprint density at radius 3 is 2.77 bits per heavy atom. The van der Waals surface area contributed by atoms with Crippen molar-refractivity contribution < 1.29 is 9.59 Å². The van der Waals surface area contributed by atoms with Gasteiger partial charge in [-0.3, -0.25) is 14.3 Å². The molecule has 0 aliphatic carbocycles. The van der Waals surface area contributed by atoms with Crippen LogP contribution in [0, 0.1) is 0 Å². The van der Waals surface area contributed by atoms with E-state index in [2.05, 4.69) is 25.8 Å². The van der Waals surface area contributed by atoms with Crippen LogP contribution in [0.1, 0.15) is 21.0 Å². The highest BCUT2D eigenvalue weighted by Gasteiger charge is 2.19. The molecule has 0 spiro atoms. The van der Waals surface area contributed by atoms with Gasteiger partial charge in [0.1, 0.15) is 0 Å². The second-order valence-corrected chi connectivity index (χ2v) is 4.55. The van der Waals surface area contributed by atoms with E-state index in [0.717, 1.165) is 0 Å². The Hall–Kier alpha value is -3.23. The van der Waals surface area contributed by atoms with Crippen molar-refractivity contribution in [1.82, 2.24) is 29.7 Å². The number of amides is 2. The summed E-state index contributed by atoms with van der Waals surface area (Å²) in [4.78, 5) is 28.1. The lowest BCUT2D eigenvalue weighted by atomic mass is 10.3. The molecule has 0 aliphatic rings. The minimum absolute atomic E-state index is 0.139. The van der Waals surface area contributed by atoms with Crippen LogP contribution in [-0.4, -0.2) is 43.2 Å². The maximum atomic E-state index is 12.3. The summed E-state index contributed by atoms with van der Waals surface area (Å²) in [5, 5.41) is 13.3. The van der Waals surface area contributed by atoms with Gasteiger partial charge in [0, 0.05) is 38.8 Å². The molecule has 0 fully saturated rings. The van der Waals surface area contributed by atoms with E-state index >= 15 is 0 Å². The minimum atomic E-state index is -0.441. The predicted octanol–water partition coefficient (Wildman–Crippen LogP) is 0.0747. The molecule has 3 rings (SSSR count). The van der Waals surface area contributed by atoms with E-state index in [1.165, 1.54) is 16.2 Å². The maximum Gasteiger partial charge on any atom is 0.276 e. The van der Waals surface area contributed by atoms with Crippen molar-refractivity contribution >= 4 is 23.1 Å². The Balaban J connectivity index is 1.89. The molecule has 3 heterocycles. The molecule has 3 aromatic rings. The summed E-state index contributed by atoms with van der Waals surface area (Å²) in [6.45, 7) is 0. The van der Waals surface area contributed by atoms with Gasteiger partial charge in [0.25, 0.3) is 11.8 Å². The van der Waals surface area contributed by atoms with Gasteiger partial charge in [0.2, 0.25) is 0 Å². The molecule has 112 valence electrons. The van der Waals surface area contributed by atoms with Crippen LogP contribution < -0.4 is 10.6 Å². The highest BCUT2D eigenvalue weighted by Crippen LogP contribution is 2.14. The summed E-state index contributed by atoms with van der Waals surface area (Å²) in [6.07, 6.45) is 4.86. The van der Waals surface area contributed by atoms with Crippen LogP contribution in [0.25, 0.3) is 5.65 Å². The van der Waals surface area contributed by atoms with Crippen LogP contribution in [0.3, 0.4) is 0 Å². The highest BCUT2D eigenvalue weighted by atomic mass is 16.2. The Morgan fingerprint density at radius 2 is 2.05 bits per heavy atom. The van der Waals surface area contributed by atoms with Gasteiger partial charge in [0.15, 0.2) is 17.0 Å². The zero-order valence-corrected chi connectivity index (χ0v) is 11.9. The number of aromatic nitrogens is 5. The molecule has 9 heteroatoms. The molecular weight excluding hydrogens is 286 g/mol. The Labute approximate surface area is 125 Å². The molecule has 0 atom stereocenters. The van der Waals surface area contributed by atoms with Gasteiger partial charge in [-0.1, -0.05) is 0 Å². The number of rotatable bonds is 3. The normalized spacial score (nSPS) is 10.6. The SMILES string of the molecule is CNC(=O)c1nn(C)cc1NC(=O)c1cc2ncccn2n1. The summed E-state index contributed by atoms with van der Waals surface area (Å²) in [5.41, 5.74) is 1.22. The zero-order valence-electron chi connectivity index (χ0n) is 11.9. The molecule has 3 aromatic heterocycles. The van der Waals surface area contributed by atoms with Crippen molar-refractivity contribution in [2.45, 2.75) is 0 Å². The third-order valence-electron chi connectivity index (χ3n) is 2.99. The van der Waals surface area contributed by atoms with Gasteiger partial charge < -0.3 is 10.6 Å². The van der Waals surface area contributed by atoms with Crippen molar-refractivity contribution in [1.29, 1.82) is 0 Å². The van der Waals surface area contributed by atoms with Gasteiger partial charge in [-0.25, -0.2) is 9.50 Å².